The fraction of sp³-hybridized carbons (Fsp3) is 0.333. The van der Waals surface area contributed by atoms with Crippen LogP contribution < -0.4 is 10.6 Å². The summed E-state index contributed by atoms with van der Waals surface area (Å²) in [4.78, 5) is 16.5. The number of aromatic nitrogens is 1. The number of amides is 1. The summed E-state index contributed by atoms with van der Waals surface area (Å²) >= 11 is 6.03. The maximum Gasteiger partial charge on any atom is 0.228 e. The van der Waals surface area contributed by atoms with Crippen molar-refractivity contribution in [2.75, 3.05) is 23.8 Å². The first-order chi connectivity index (χ1) is 11.6. The van der Waals surface area contributed by atoms with E-state index in [4.69, 9.17) is 16.3 Å². The SMILES string of the molecule is Cc1ccc(Cl)cc1Nc1ccc(NC(=O)C2CCOCC2)nc1. The van der Waals surface area contributed by atoms with Crippen molar-refractivity contribution in [3.8, 4) is 0 Å². The van der Waals surface area contributed by atoms with Crippen molar-refractivity contribution in [3.05, 3.63) is 47.1 Å². The molecule has 0 radical (unpaired) electrons. The molecule has 1 saturated heterocycles. The van der Waals surface area contributed by atoms with Gasteiger partial charge < -0.3 is 15.4 Å². The molecule has 0 aliphatic carbocycles. The smallest absolute Gasteiger partial charge is 0.228 e. The van der Waals surface area contributed by atoms with Crippen LogP contribution in [0.5, 0.6) is 0 Å². The van der Waals surface area contributed by atoms with Crippen molar-refractivity contribution in [1.82, 2.24) is 4.98 Å². The fourth-order valence-corrected chi connectivity index (χ4v) is 2.79. The van der Waals surface area contributed by atoms with Gasteiger partial charge >= 0.3 is 0 Å². The van der Waals surface area contributed by atoms with E-state index in [0.29, 0.717) is 24.1 Å². The van der Waals surface area contributed by atoms with E-state index in [9.17, 15) is 4.79 Å². The average Bonchev–Trinajstić information content (AvgIpc) is 2.60. The monoisotopic (exact) mass is 345 g/mol. The molecule has 0 spiro atoms. The molecule has 0 atom stereocenters. The number of carbonyl (C=O) groups excluding carboxylic acids is 1. The highest BCUT2D eigenvalue weighted by Gasteiger charge is 2.21. The normalized spacial score (nSPS) is 15.1. The number of nitrogens with one attached hydrogen (secondary N) is 2. The van der Waals surface area contributed by atoms with E-state index in [-0.39, 0.29) is 11.8 Å². The lowest BCUT2D eigenvalue weighted by atomic mass is 9.99. The van der Waals surface area contributed by atoms with Crippen LogP contribution in [-0.4, -0.2) is 24.1 Å². The van der Waals surface area contributed by atoms with Crippen molar-refractivity contribution >= 4 is 34.7 Å². The van der Waals surface area contributed by atoms with Crippen LogP contribution in [-0.2, 0) is 9.53 Å². The van der Waals surface area contributed by atoms with Gasteiger partial charge in [-0.15, -0.1) is 0 Å². The summed E-state index contributed by atoms with van der Waals surface area (Å²) in [6, 6.07) is 9.36. The van der Waals surface area contributed by atoms with Gasteiger partial charge in [-0.05, 0) is 49.6 Å². The third kappa shape index (κ3) is 4.24. The predicted molar refractivity (Wildman–Crippen MR) is 95.9 cm³/mol. The molecule has 126 valence electrons. The summed E-state index contributed by atoms with van der Waals surface area (Å²) < 4.78 is 5.28. The van der Waals surface area contributed by atoms with Gasteiger partial charge in [0.1, 0.15) is 5.82 Å². The summed E-state index contributed by atoms with van der Waals surface area (Å²) in [5.41, 5.74) is 2.86. The molecule has 0 saturated carbocycles. The average molecular weight is 346 g/mol. The van der Waals surface area contributed by atoms with Gasteiger partial charge in [-0.3, -0.25) is 4.79 Å². The molecule has 1 fully saturated rings. The van der Waals surface area contributed by atoms with E-state index in [2.05, 4.69) is 15.6 Å². The Kier molecular flexibility index (Phi) is 5.33. The number of benzene rings is 1. The zero-order valence-corrected chi connectivity index (χ0v) is 14.3. The lowest BCUT2D eigenvalue weighted by molar-refractivity contribution is -0.122. The van der Waals surface area contributed by atoms with Gasteiger partial charge in [0.2, 0.25) is 5.91 Å². The molecule has 0 unspecified atom stereocenters. The van der Waals surface area contributed by atoms with Crippen LogP contribution in [0.3, 0.4) is 0 Å². The first kappa shape index (κ1) is 16.7. The molecule has 2 aromatic rings. The summed E-state index contributed by atoms with van der Waals surface area (Å²) in [7, 11) is 0. The molecule has 2 heterocycles. The summed E-state index contributed by atoms with van der Waals surface area (Å²) in [6.07, 6.45) is 3.22. The number of hydrogen-bond acceptors (Lipinski definition) is 4. The number of rotatable bonds is 4. The van der Waals surface area contributed by atoms with Crippen molar-refractivity contribution in [2.45, 2.75) is 19.8 Å². The van der Waals surface area contributed by atoms with E-state index < -0.39 is 0 Å². The van der Waals surface area contributed by atoms with Crippen LogP contribution in [0.1, 0.15) is 18.4 Å². The minimum absolute atomic E-state index is 0.00691. The van der Waals surface area contributed by atoms with Crippen LogP contribution in [0.2, 0.25) is 5.02 Å². The Balaban J connectivity index is 1.62. The van der Waals surface area contributed by atoms with Crippen LogP contribution in [0.25, 0.3) is 0 Å². The molecular weight excluding hydrogens is 326 g/mol. The molecule has 3 rings (SSSR count). The number of anilines is 3. The first-order valence-corrected chi connectivity index (χ1v) is 8.37. The molecule has 1 aliphatic heterocycles. The van der Waals surface area contributed by atoms with Crippen LogP contribution in [0.15, 0.2) is 36.5 Å². The predicted octanol–water partition coefficient (Wildman–Crippen LogP) is 4.15. The minimum atomic E-state index is 0.00691. The highest BCUT2D eigenvalue weighted by atomic mass is 35.5. The van der Waals surface area contributed by atoms with Gasteiger partial charge in [0.25, 0.3) is 0 Å². The second kappa shape index (κ2) is 7.64. The quantitative estimate of drug-likeness (QED) is 0.873. The van der Waals surface area contributed by atoms with Gasteiger partial charge in [-0.2, -0.15) is 0 Å². The Morgan fingerprint density at radius 1 is 1.25 bits per heavy atom. The number of aryl methyl sites for hydroxylation is 1. The Morgan fingerprint density at radius 3 is 2.75 bits per heavy atom. The summed E-state index contributed by atoms with van der Waals surface area (Å²) in [5.74, 6) is 0.574. The topological polar surface area (TPSA) is 63.2 Å². The number of halogens is 1. The third-order valence-corrected chi connectivity index (χ3v) is 4.32. The zero-order valence-electron chi connectivity index (χ0n) is 13.5. The van der Waals surface area contributed by atoms with Crippen LogP contribution in [0, 0.1) is 12.8 Å². The molecule has 2 N–H and O–H groups in total. The van der Waals surface area contributed by atoms with Gasteiger partial charge in [0.05, 0.1) is 11.9 Å². The number of pyridine rings is 1. The van der Waals surface area contributed by atoms with E-state index in [0.717, 1.165) is 29.8 Å². The van der Waals surface area contributed by atoms with E-state index in [1.165, 1.54) is 0 Å². The standard InChI is InChI=1S/C18H20ClN3O2/c1-12-2-3-14(19)10-16(12)21-15-4-5-17(20-11-15)22-18(23)13-6-8-24-9-7-13/h2-5,10-11,13,21H,6-9H2,1H3,(H,20,22,23). The minimum Gasteiger partial charge on any atom is -0.381 e. The van der Waals surface area contributed by atoms with Crippen molar-refractivity contribution < 1.29 is 9.53 Å². The largest absolute Gasteiger partial charge is 0.381 e. The highest BCUT2D eigenvalue weighted by molar-refractivity contribution is 6.30. The maximum absolute atomic E-state index is 12.2. The molecule has 0 bridgehead atoms. The van der Waals surface area contributed by atoms with E-state index in [1.54, 1.807) is 12.3 Å². The second-order valence-corrected chi connectivity index (χ2v) is 6.33. The highest BCUT2D eigenvalue weighted by Crippen LogP contribution is 2.24. The Labute approximate surface area is 146 Å². The van der Waals surface area contributed by atoms with Crippen molar-refractivity contribution in [2.24, 2.45) is 5.92 Å². The van der Waals surface area contributed by atoms with Crippen LogP contribution >= 0.6 is 11.6 Å². The Hall–Kier alpha value is -2.11. The van der Waals surface area contributed by atoms with Crippen molar-refractivity contribution in [3.63, 3.8) is 0 Å². The molecule has 1 aliphatic rings. The second-order valence-electron chi connectivity index (χ2n) is 5.89. The molecule has 1 aromatic heterocycles. The third-order valence-electron chi connectivity index (χ3n) is 4.09. The molecular formula is C18H20ClN3O2. The van der Waals surface area contributed by atoms with Gasteiger partial charge in [0.15, 0.2) is 0 Å². The Morgan fingerprint density at radius 2 is 2.04 bits per heavy atom. The Bertz CT molecular complexity index is 713. The maximum atomic E-state index is 12.2. The summed E-state index contributed by atoms with van der Waals surface area (Å²) in [5, 5.41) is 6.83. The number of nitrogens with zero attached hydrogens (tertiary/aromatic N) is 1. The van der Waals surface area contributed by atoms with Crippen LogP contribution in [0.4, 0.5) is 17.2 Å². The molecule has 24 heavy (non-hydrogen) atoms. The first-order valence-electron chi connectivity index (χ1n) is 7.99. The number of ether oxygens (including phenoxy) is 1. The van der Waals surface area contributed by atoms with E-state index in [1.807, 2.05) is 31.2 Å². The fourth-order valence-electron chi connectivity index (χ4n) is 2.61. The molecule has 5 nitrogen and oxygen atoms in total. The van der Waals surface area contributed by atoms with Gasteiger partial charge in [-0.1, -0.05) is 17.7 Å². The molecule has 1 aromatic carbocycles. The molecule has 1 amide bonds. The number of carbonyl (C=O) groups is 1. The van der Waals surface area contributed by atoms with E-state index >= 15 is 0 Å². The zero-order chi connectivity index (χ0) is 16.9. The lowest BCUT2D eigenvalue weighted by Gasteiger charge is -2.21. The van der Waals surface area contributed by atoms with Crippen molar-refractivity contribution in [1.29, 1.82) is 0 Å². The lowest BCUT2D eigenvalue weighted by Crippen LogP contribution is -2.28. The van der Waals surface area contributed by atoms with Gasteiger partial charge in [0, 0.05) is 29.8 Å². The summed E-state index contributed by atoms with van der Waals surface area (Å²) in [6.45, 7) is 3.30. The van der Waals surface area contributed by atoms with Gasteiger partial charge in [-0.25, -0.2) is 4.98 Å². The number of hydrogen-bond donors (Lipinski definition) is 2. The molecule has 6 heteroatoms.